The summed E-state index contributed by atoms with van der Waals surface area (Å²) in [7, 11) is -1.19. The molecule has 0 aromatic heterocycles. The molecule has 110 valence electrons. The summed E-state index contributed by atoms with van der Waals surface area (Å²) in [6, 6.07) is -1.04. The van der Waals surface area contributed by atoms with Gasteiger partial charge in [0, 0.05) is 23.0 Å². The van der Waals surface area contributed by atoms with Gasteiger partial charge in [-0.05, 0) is 31.6 Å². The number of carboxylic acid groups (broad SMARTS) is 1. The molecule has 2 N–H and O–H groups in total. The van der Waals surface area contributed by atoms with Crippen LogP contribution in [0.3, 0.4) is 0 Å². The van der Waals surface area contributed by atoms with E-state index in [0.29, 0.717) is 0 Å². The van der Waals surface area contributed by atoms with Crippen LogP contribution in [0.25, 0.3) is 0 Å². The number of carbonyl (C=O) groups excluding carboxylic acids is 1. The predicted octanol–water partition coefficient (Wildman–Crippen LogP) is 1.29. The van der Waals surface area contributed by atoms with Gasteiger partial charge in [0.1, 0.15) is 6.04 Å². The summed E-state index contributed by atoms with van der Waals surface area (Å²) in [5.41, 5.74) is 0. The van der Waals surface area contributed by atoms with E-state index in [1.54, 1.807) is 0 Å². The number of nitrogens with one attached hydrogen (secondary N) is 1. The van der Waals surface area contributed by atoms with Gasteiger partial charge in [-0.15, -0.1) is 0 Å². The van der Waals surface area contributed by atoms with Gasteiger partial charge in [0.15, 0.2) is 0 Å². The fourth-order valence-electron chi connectivity index (χ4n) is 2.52. The molecule has 1 amide bonds. The molecule has 0 heterocycles. The Kier molecular flexibility index (Phi) is 6.48. The van der Waals surface area contributed by atoms with Crippen molar-refractivity contribution in [2.24, 2.45) is 5.92 Å². The first-order valence-corrected chi connectivity index (χ1v) is 8.19. The van der Waals surface area contributed by atoms with E-state index in [9.17, 15) is 13.8 Å². The minimum atomic E-state index is -1.19. The molecule has 1 rings (SSSR count). The zero-order valence-corrected chi connectivity index (χ0v) is 12.4. The molecule has 1 aliphatic carbocycles. The fraction of sp³-hybridized carbons (Fsp3) is 0.846. The number of rotatable bonds is 6. The van der Waals surface area contributed by atoms with Crippen molar-refractivity contribution in [1.29, 1.82) is 0 Å². The lowest BCUT2D eigenvalue weighted by Gasteiger charge is -2.28. The van der Waals surface area contributed by atoms with Crippen LogP contribution in [-0.2, 0) is 20.4 Å². The topological polar surface area (TPSA) is 83.5 Å². The predicted molar refractivity (Wildman–Crippen MR) is 74.3 cm³/mol. The lowest BCUT2D eigenvalue weighted by molar-refractivity contribution is -0.140. The van der Waals surface area contributed by atoms with Gasteiger partial charge in [-0.2, -0.15) is 0 Å². The highest BCUT2D eigenvalue weighted by molar-refractivity contribution is 7.85. The van der Waals surface area contributed by atoms with Gasteiger partial charge in [-0.1, -0.05) is 13.3 Å². The van der Waals surface area contributed by atoms with Crippen molar-refractivity contribution < 1.29 is 18.9 Å². The molecule has 1 fully saturated rings. The highest BCUT2D eigenvalue weighted by Gasteiger charge is 2.28. The van der Waals surface area contributed by atoms with E-state index in [4.69, 9.17) is 5.11 Å². The average Bonchev–Trinajstić information content (AvgIpc) is 2.37. The van der Waals surface area contributed by atoms with Crippen molar-refractivity contribution >= 4 is 22.7 Å². The monoisotopic (exact) mass is 289 g/mol. The van der Waals surface area contributed by atoms with Gasteiger partial charge < -0.3 is 10.4 Å². The van der Waals surface area contributed by atoms with E-state index < -0.39 is 28.7 Å². The molecule has 0 radical (unpaired) electrons. The molecule has 0 bridgehead atoms. The van der Waals surface area contributed by atoms with Crippen LogP contribution in [-0.4, -0.2) is 38.2 Å². The number of amides is 1. The zero-order valence-electron chi connectivity index (χ0n) is 11.6. The Morgan fingerprint density at radius 1 is 1.32 bits per heavy atom. The maximum absolute atomic E-state index is 12.2. The van der Waals surface area contributed by atoms with Gasteiger partial charge in [-0.3, -0.25) is 9.00 Å². The Morgan fingerprint density at radius 3 is 2.32 bits per heavy atom. The van der Waals surface area contributed by atoms with Gasteiger partial charge in [0.05, 0.1) is 5.75 Å². The third-order valence-corrected chi connectivity index (χ3v) is 5.63. The van der Waals surface area contributed by atoms with Crippen molar-refractivity contribution in [3.05, 3.63) is 0 Å². The van der Waals surface area contributed by atoms with Crippen molar-refractivity contribution in [3.8, 4) is 0 Å². The zero-order chi connectivity index (χ0) is 14.4. The summed E-state index contributed by atoms with van der Waals surface area (Å²) in [6.07, 6.45) is 5.10. The number of carboxylic acids is 1. The molecule has 0 aromatic rings. The first kappa shape index (κ1) is 16.1. The third-order valence-electron chi connectivity index (χ3n) is 3.75. The molecule has 0 aromatic carbocycles. The van der Waals surface area contributed by atoms with E-state index in [1.165, 1.54) is 6.92 Å². The van der Waals surface area contributed by atoms with E-state index >= 15 is 0 Å². The molecule has 1 unspecified atom stereocenters. The SMILES string of the molecule is CCC1CCC(S(=O)C[C@H](NC(C)=O)C(=O)O)CC1. The number of hydrogen-bond acceptors (Lipinski definition) is 3. The molecule has 0 aliphatic heterocycles. The van der Waals surface area contributed by atoms with Crippen LogP contribution in [0.1, 0.15) is 46.0 Å². The van der Waals surface area contributed by atoms with Crippen molar-refractivity contribution in [3.63, 3.8) is 0 Å². The number of aliphatic carboxylic acids is 1. The molecule has 1 saturated carbocycles. The van der Waals surface area contributed by atoms with Crippen LogP contribution in [0.5, 0.6) is 0 Å². The van der Waals surface area contributed by atoms with Gasteiger partial charge in [0.25, 0.3) is 0 Å². The summed E-state index contributed by atoms with van der Waals surface area (Å²) in [4.78, 5) is 21.9. The largest absolute Gasteiger partial charge is 0.480 e. The van der Waals surface area contributed by atoms with Crippen molar-refractivity contribution in [2.45, 2.75) is 57.2 Å². The second-order valence-corrected chi connectivity index (χ2v) is 6.95. The van der Waals surface area contributed by atoms with E-state index in [2.05, 4.69) is 12.2 Å². The third kappa shape index (κ3) is 5.30. The molecule has 5 nitrogen and oxygen atoms in total. The van der Waals surface area contributed by atoms with Crippen molar-refractivity contribution in [1.82, 2.24) is 5.32 Å². The quantitative estimate of drug-likeness (QED) is 0.772. The summed E-state index contributed by atoms with van der Waals surface area (Å²) < 4.78 is 12.2. The van der Waals surface area contributed by atoms with Crippen molar-refractivity contribution in [2.75, 3.05) is 5.75 Å². The van der Waals surface area contributed by atoms with Crippen LogP contribution in [0.15, 0.2) is 0 Å². The van der Waals surface area contributed by atoms with Gasteiger partial charge in [0.2, 0.25) is 5.91 Å². The van der Waals surface area contributed by atoms with Crippen LogP contribution in [0, 0.1) is 5.92 Å². The molecular weight excluding hydrogens is 266 g/mol. The van der Waals surface area contributed by atoms with Crippen LogP contribution in [0.4, 0.5) is 0 Å². The minimum absolute atomic E-state index is 0.0103. The van der Waals surface area contributed by atoms with E-state index in [-0.39, 0.29) is 11.0 Å². The van der Waals surface area contributed by atoms with E-state index in [0.717, 1.165) is 38.0 Å². The second-order valence-electron chi connectivity index (χ2n) is 5.19. The summed E-state index contributed by atoms with van der Waals surface area (Å²) in [6.45, 7) is 3.44. The highest BCUT2D eigenvalue weighted by atomic mass is 32.2. The Balaban J connectivity index is 2.48. The fourth-order valence-corrected chi connectivity index (χ4v) is 4.15. The molecule has 0 spiro atoms. The Morgan fingerprint density at radius 2 is 1.89 bits per heavy atom. The number of carbonyl (C=O) groups is 2. The summed E-state index contributed by atoms with van der Waals surface area (Å²) in [5, 5.41) is 11.4. The Labute approximate surface area is 116 Å². The lowest BCUT2D eigenvalue weighted by Crippen LogP contribution is -2.45. The second kappa shape index (κ2) is 7.62. The highest BCUT2D eigenvalue weighted by Crippen LogP contribution is 2.29. The van der Waals surface area contributed by atoms with Crippen LogP contribution in [0.2, 0.25) is 0 Å². The first-order valence-electron chi connectivity index (χ1n) is 6.81. The Hall–Kier alpha value is -0.910. The normalized spacial score (nSPS) is 26.4. The average molecular weight is 289 g/mol. The van der Waals surface area contributed by atoms with E-state index in [1.807, 2.05) is 0 Å². The molecule has 0 saturated heterocycles. The molecule has 6 heteroatoms. The molecule has 19 heavy (non-hydrogen) atoms. The van der Waals surface area contributed by atoms with Gasteiger partial charge >= 0.3 is 5.97 Å². The molecule has 2 atom stereocenters. The maximum atomic E-state index is 12.2. The minimum Gasteiger partial charge on any atom is -0.480 e. The smallest absolute Gasteiger partial charge is 0.327 e. The number of hydrogen-bond donors (Lipinski definition) is 2. The Bertz CT molecular complexity index is 351. The lowest BCUT2D eigenvalue weighted by atomic mass is 9.87. The standard InChI is InChI=1S/C13H23NO4S/c1-3-10-4-6-11(7-5-10)19(18)8-12(13(16)17)14-9(2)15/h10-12H,3-8H2,1-2H3,(H,14,15)(H,16,17)/t10?,11?,12-,19?/m0/s1. The molecule has 1 aliphatic rings. The summed E-state index contributed by atoms with van der Waals surface area (Å²) >= 11 is 0. The molecular formula is C13H23NO4S. The summed E-state index contributed by atoms with van der Waals surface area (Å²) in [5.74, 6) is -0.792. The first-order chi connectivity index (χ1) is 8.93. The maximum Gasteiger partial charge on any atom is 0.327 e. The van der Waals surface area contributed by atoms with Crippen LogP contribution < -0.4 is 5.32 Å². The van der Waals surface area contributed by atoms with Gasteiger partial charge in [-0.25, -0.2) is 4.79 Å². The van der Waals surface area contributed by atoms with Crippen LogP contribution >= 0.6 is 0 Å².